The van der Waals surface area contributed by atoms with Gasteiger partial charge in [-0.2, -0.15) is 4.68 Å². The van der Waals surface area contributed by atoms with Gasteiger partial charge in [-0.3, -0.25) is 9.62 Å². The van der Waals surface area contributed by atoms with Crippen LogP contribution in [0.3, 0.4) is 0 Å². The summed E-state index contributed by atoms with van der Waals surface area (Å²) < 4.78 is 25.9. The molecule has 8 nitrogen and oxygen atoms in total. The van der Waals surface area contributed by atoms with Crippen molar-refractivity contribution in [2.45, 2.75) is 13.5 Å². The third-order valence-corrected chi connectivity index (χ3v) is 5.35. The number of nitrogens with zero attached hydrogens (tertiary/aromatic N) is 4. The van der Waals surface area contributed by atoms with E-state index < -0.39 is 10.0 Å². The lowest BCUT2D eigenvalue weighted by atomic mass is 10.1. The molecule has 0 saturated carbocycles. The van der Waals surface area contributed by atoms with E-state index in [1.807, 2.05) is 19.1 Å². The van der Waals surface area contributed by atoms with Crippen molar-refractivity contribution in [3.63, 3.8) is 0 Å². The molecular weight excluding hydrogens is 390 g/mol. The number of hydrogen-bond acceptors (Lipinski definition) is 5. The Morgan fingerprint density at radius 3 is 2.56 bits per heavy atom. The lowest BCUT2D eigenvalue weighted by Gasteiger charge is -2.34. The second-order valence-corrected chi connectivity index (χ2v) is 8.80. The maximum absolute atomic E-state index is 12.5. The number of hydrogen-bond donors (Lipinski definition) is 1. The molecule has 0 aliphatic carbocycles. The number of piperazine rings is 1. The quantitative estimate of drug-likeness (QED) is 0.831. The molecule has 1 amide bonds. The summed E-state index contributed by atoms with van der Waals surface area (Å²) >= 11 is 6.18. The Labute approximate surface area is 163 Å². The number of carbonyl (C=O) groups is 1. The average Bonchev–Trinajstić information content (AvgIpc) is 3.05. The molecule has 1 N–H and O–H groups in total. The molecule has 10 heteroatoms. The minimum atomic E-state index is -3.42. The van der Waals surface area contributed by atoms with E-state index in [1.165, 1.54) is 12.3 Å². The molecule has 1 fully saturated rings. The van der Waals surface area contributed by atoms with Crippen LogP contribution in [0.5, 0.6) is 0 Å². The summed E-state index contributed by atoms with van der Waals surface area (Å²) in [5.74, 6) is 0.126. The number of aryl methyl sites for hydroxylation is 1. The van der Waals surface area contributed by atoms with Crippen molar-refractivity contribution in [1.82, 2.24) is 19.6 Å². The molecule has 1 aliphatic rings. The van der Waals surface area contributed by atoms with Gasteiger partial charge in [-0.25, -0.2) is 13.2 Å². The van der Waals surface area contributed by atoms with Crippen molar-refractivity contribution in [3.8, 4) is 0 Å². The highest BCUT2D eigenvalue weighted by Crippen LogP contribution is 2.18. The molecule has 1 aliphatic heterocycles. The molecule has 1 aromatic carbocycles. The third kappa shape index (κ3) is 5.21. The van der Waals surface area contributed by atoms with Crippen LogP contribution in [0.25, 0.3) is 0 Å². The molecule has 2 heterocycles. The van der Waals surface area contributed by atoms with Crippen LogP contribution in [0.2, 0.25) is 5.02 Å². The minimum Gasteiger partial charge on any atom is -0.320 e. The summed E-state index contributed by atoms with van der Waals surface area (Å²) in [5.41, 5.74) is 2.20. The van der Waals surface area contributed by atoms with Gasteiger partial charge in [0.25, 0.3) is 0 Å². The van der Waals surface area contributed by atoms with Crippen LogP contribution in [0.15, 0.2) is 30.5 Å². The van der Waals surface area contributed by atoms with Gasteiger partial charge in [0.05, 0.1) is 6.26 Å². The normalized spacial score (nSPS) is 15.7. The number of benzene rings is 1. The van der Waals surface area contributed by atoms with Gasteiger partial charge in [-0.15, -0.1) is 5.10 Å². The van der Waals surface area contributed by atoms with Crippen LogP contribution in [-0.2, 0) is 16.6 Å². The van der Waals surface area contributed by atoms with E-state index in [0.717, 1.165) is 46.7 Å². The summed E-state index contributed by atoms with van der Waals surface area (Å²) in [4.78, 5) is 16.5. The van der Waals surface area contributed by atoms with Crippen molar-refractivity contribution >= 4 is 33.5 Å². The number of nitrogens with one attached hydrogen (secondary N) is 1. The fourth-order valence-corrected chi connectivity index (χ4v) is 3.60. The summed E-state index contributed by atoms with van der Waals surface area (Å²) in [6.07, 6.45) is 2.49. The van der Waals surface area contributed by atoms with E-state index in [0.29, 0.717) is 13.1 Å². The number of carbonyl (C=O) groups excluding carboxylic acids is 1. The van der Waals surface area contributed by atoms with Gasteiger partial charge < -0.3 is 4.90 Å². The zero-order valence-corrected chi connectivity index (χ0v) is 16.8. The van der Waals surface area contributed by atoms with E-state index in [-0.39, 0.29) is 11.8 Å². The van der Waals surface area contributed by atoms with E-state index in [2.05, 4.69) is 20.8 Å². The average molecular weight is 412 g/mol. The molecule has 1 aromatic heterocycles. The van der Waals surface area contributed by atoms with Crippen LogP contribution in [0, 0.1) is 6.92 Å². The number of sulfonamides is 1. The Morgan fingerprint density at radius 1 is 1.22 bits per heavy atom. The van der Waals surface area contributed by atoms with Crippen molar-refractivity contribution < 1.29 is 13.2 Å². The standard InChI is InChI=1S/C17H22ClN5O3S/c1-13-3-4-14(11-15(13)18)12-21-7-9-22(10-8-21)17(24)23-6-5-16(19-23)20-27(2,25)26/h3-6,11H,7-10,12H2,1-2H3,(H,19,20). The molecule has 0 bridgehead atoms. The first-order valence-electron chi connectivity index (χ1n) is 8.51. The van der Waals surface area contributed by atoms with E-state index in [1.54, 1.807) is 4.90 Å². The Kier molecular flexibility index (Phi) is 5.73. The fraction of sp³-hybridized carbons (Fsp3) is 0.412. The number of halogens is 1. The maximum atomic E-state index is 12.5. The summed E-state index contributed by atoms with van der Waals surface area (Å²) in [6, 6.07) is 7.25. The molecule has 0 unspecified atom stereocenters. The van der Waals surface area contributed by atoms with Gasteiger partial charge >= 0.3 is 6.03 Å². The molecule has 0 atom stereocenters. The second-order valence-electron chi connectivity index (χ2n) is 6.65. The monoisotopic (exact) mass is 411 g/mol. The Balaban J connectivity index is 1.55. The Hall–Kier alpha value is -2.10. The number of anilines is 1. The first-order valence-corrected chi connectivity index (χ1v) is 10.8. The van der Waals surface area contributed by atoms with Gasteiger partial charge in [0, 0.05) is 50.0 Å². The SMILES string of the molecule is Cc1ccc(CN2CCN(C(=O)n3ccc(NS(C)(=O)=O)n3)CC2)cc1Cl. The van der Waals surface area contributed by atoms with E-state index >= 15 is 0 Å². The molecule has 1 saturated heterocycles. The van der Waals surface area contributed by atoms with E-state index in [9.17, 15) is 13.2 Å². The maximum Gasteiger partial charge on any atom is 0.344 e. The minimum absolute atomic E-state index is 0.126. The third-order valence-electron chi connectivity index (χ3n) is 4.36. The highest BCUT2D eigenvalue weighted by Gasteiger charge is 2.23. The molecule has 0 spiro atoms. The van der Waals surface area contributed by atoms with Gasteiger partial charge in [0.15, 0.2) is 5.82 Å². The Bertz CT molecular complexity index is 936. The summed E-state index contributed by atoms with van der Waals surface area (Å²) in [7, 11) is -3.42. The van der Waals surface area contributed by atoms with Crippen molar-refractivity contribution in [3.05, 3.63) is 46.6 Å². The first kappa shape index (κ1) is 19.7. The molecule has 0 radical (unpaired) electrons. The second kappa shape index (κ2) is 7.87. The van der Waals surface area contributed by atoms with Gasteiger partial charge in [0.1, 0.15) is 0 Å². The van der Waals surface area contributed by atoms with Crippen LogP contribution < -0.4 is 4.72 Å². The van der Waals surface area contributed by atoms with Crippen molar-refractivity contribution in [2.75, 3.05) is 37.2 Å². The fourth-order valence-electron chi connectivity index (χ4n) is 2.91. The number of aromatic nitrogens is 2. The zero-order chi connectivity index (χ0) is 19.6. The highest BCUT2D eigenvalue weighted by molar-refractivity contribution is 7.92. The smallest absolute Gasteiger partial charge is 0.320 e. The summed E-state index contributed by atoms with van der Waals surface area (Å²) in [6.45, 7) is 5.40. The Morgan fingerprint density at radius 2 is 1.93 bits per heavy atom. The molecule has 146 valence electrons. The van der Waals surface area contributed by atoms with Gasteiger partial charge in [0.2, 0.25) is 10.0 Å². The lowest BCUT2D eigenvalue weighted by Crippen LogP contribution is -2.49. The summed E-state index contributed by atoms with van der Waals surface area (Å²) in [5, 5.41) is 4.74. The first-order chi connectivity index (χ1) is 12.7. The van der Waals surface area contributed by atoms with Crippen LogP contribution in [0.1, 0.15) is 11.1 Å². The van der Waals surface area contributed by atoms with Crippen LogP contribution >= 0.6 is 11.6 Å². The largest absolute Gasteiger partial charge is 0.344 e. The lowest BCUT2D eigenvalue weighted by molar-refractivity contribution is 0.134. The van der Waals surface area contributed by atoms with Gasteiger partial charge in [-0.05, 0) is 24.1 Å². The number of amides is 1. The molecule has 3 rings (SSSR count). The van der Waals surface area contributed by atoms with E-state index in [4.69, 9.17) is 11.6 Å². The van der Waals surface area contributed by atoms with Crippen LogP contribution in [-0.4, -0.2) is 66.5 Å². The molecular formula is C17H22ClN5O3S. The molecule has 27 heavy (non-hydrogen) atoms. The molecule has 2 aromatic rings. The van der Waals surface area contributed by atoms with Crippen LogP contribution in [0.4, 0.5) is 10.6 Å². The topological polar surface area (TPSA) is 87.5 Å². The highest BCUT2D eigenvalue weighted by atomic mass is 35.5. The van der Waals surface area contributed by atoms with Crippen molar-refractivity contribution in [2.24, 2.45) is 0 Å². The zero-order valence-electron chi connectivity index (χ0n) is 15.2. The van der Waals surface area contributed by atoms with Crippen molar-refractivity contribution in [1.29, 1.82) is 0 Å². The number of rotatable bonds is 4. The predicted molar refractivity (Wildman–Crippen MR) is 105 cm³/mol. The van der Waals surface area contributed by atoms with Gasteiger partial charge in [-0.1, -0.05) is 23.7 Å². The predicted octanol–water partition coefficient (Wildman–Crippen LogP) is 2.00.